The van der Waals surface area contributed by atoms with Gasteiger partial charge in [-0.2, -0.15) is 5.26 Å². The Morgan fingerprint density at radius 1 is 1.06 bits per heavy atom. The van der Waals surface area contributed by atoms with E-state index in [0.29, 0.717) is 28.3 Å². The minimum absolute atomic E-state index is 0.267. The van der Waals surface area contributed by atoms with Crippen molar-refractivity contribution in [1.29, 1.82) is 5.26 Å². The van der Waals surface area contributed by atoms with Gasteiger partial charge < -0.3 is 10.1 Å². The van der Waals surface area contributed by atoms with Crippen molar-refractivity contribution in [2.45, 2.75) is 6.92 Å². The molecule has 0 bridgehead atoms. The summed E-state index contributed by atoms with van der Waals surface area (Å²) in [5.41, 5.74) is 3.77. The molecule has 0 aliphatic carbocycles. The third-order valence-corrected chi connectivity index (χ3v) is 4.88. The van der Waals surface area contributed by atoms with Gasteiger partial charge in [-0.1, -0.05) is 12.1 Å². The molecule has 1 N–H and O–H groups in total. The summed E-state index contributed by atoms with van der Waals surface area (Å²) < 4.78 is 6.64. The van der Waals surface area contributed by atoms with Gasteiger partial charge in [-0.3, -0.25) is 9.36 Å². The Kier molecular flexibility index (Phi) is 6.23. The van der Waals surface area contributed by atoms with Crippen LogP contribution in [0.25, 0.3) is 16.8 Å². The SMILES string of the molecule is CCOC(=O)c1cncn1-c1ccc(C(=O)Nc2cc(-c3ccc(C#N)cc3)ccn2)cc1. The van der Waals surface area contributed by atoms with Crippen LogP contribution in [0, 0.1) is 11.3 Å². The molecule has 2 aromatic carbocycles. The number of carbonyl (C=O) groups excluding carboxylic acids is 2. The number of nitrogens with one attached hydrogen (secondary N) is 1. The highest BCUT2D eigenvalue weighted by Gasteiger charge is 2.15. The maximum absolute atomic E-state index is 12.7. The van der Waals surface area contributed by atoms with E-state index >= 15 is 0 Å². The van der Waals surface area contributed by atoms with Gasteiger partial charge in [0.1, 0.15) is 5.82 Å². The highest BCUT2D eigenvalue weighted by Crippen LogP contribution is 2.22. The van der Waals surface area contributed by atoms with Gasteiger partial charge in [0.2, 0.25) is 0 Å². The lowest BCUT2D eigenvalue weighted by atomic mass is 10.1. The van der Waals surface area contributed by atoms with E-state index in [1.165, 1.54) is 12.5 Å². The number of aromatic nitrogens is 3. The Labute approximate surface area is 190 Å². The van der Waals surface area contributed by atoms with Crippen molar-refractivity contribution in [3.05, 3.63) is 96.2 Å². The number of esters is 1. The quantitative estimate of drug-likeness (QED) is 0.452. The first kappa shape index (κ1) is 21.5. The van der Waals surface area contributed by atoms with Crippen molar-refractivity contribution in [3.63, 3.8) is 0 Å². The van der Waals surface area contributed by atoms with E-state index in [2.05, 4.69) is 21.4 Å². The second-order valence-electron chi connectivity index (χ2n) is 6.99. The number of rotatable bonds is 6. The van der Waals surface area contributed by atoms with Gasteiger partial charge in [-0.15, -0.1) is 0 Å². The summed E-state index contributed by atoms with van der Waals surface area (Å²) in [6, 6.07) is 19.6. The largest absolute Gasteiger partial charge is 0.461 e. The average Bonchev–Trinajstić information content (AvgIpc) is 3.35. The summed E-state index contributed by atoms with van der Waals surface area (Å²) in [7, 11) is 0. The van der Waals surface area contributed by atoms with E-state index in [-0.39, 0.29) is 12.5 Å². The standard InChI is InChI=1S/C25H19N5O3/c1-2-33-25(32)22-15-27-16-30(22)21-9-7-19(8-10-21)24(31)29-23-13-20(11-12-28-23)18-5-3-17(14-26)4-6-18/h3-13,15-16H,2H2,1H3,(H,28,29,31). The molecule has 2 heterocycles. The van der Waals surface area contributed by atoms with E-state index in [4.69, 9.17) is 10.00 Å². The first-order chi connectivity index (χ1) is 16.1. The molecule has 0 saturated carbocycles. The molecule has 8 heteroatoms. The van der Waals surface area contributed by atoms with Gasteiger partial charge in [-0.25, -0.2) is 14.8 Å². The zero-order chi connectivity index (χ0) is 23.2. The van der Waals surface area contributed by atoms with Crippen molar-refractivity contribution < 1.29 is 14.3 Å². The molecule has 162 valence electrons. The van der Waals surface area contributed by atoms with E-state index in [1.807, 2.05) is 18.2 Å². The highest BCUT2D eigenvalue weighted by molar-refractivity contribution is 6.04. The van der Waals surface area contributed by atoms with Crippen LogP contribution in [0.15, 0.2) is 79.4 Å². The Hall–Kier alpha value is -4.77. The third kappa shape index (κ3) is 4.78. The molecule has 0 atom stereocenters. The van der Waals surface area contributed by atoms with Crippen molar-refractivity contribution in [2.24, 2.45) is 0 Å². The molecule has 8 nitrogen and oxygen atoms in total. The van der Waals surface area contributed by atoms with Crippen molar-refractivity contribution in [3.8, 4) is 22.9 Å². The number of pyridine rings is 1. The number of hydrogen-bond donors (Lipinski definition) is 1. The molecule has 0 aliphatic rings. The van der Waals surface area contributed by atoms with Crippen LogP contribution in [0.4, 0.5) is 5.82 Å². The molecule has 0 aliphatic heterocycles. The topological polar surface area (TPSA) is 110 Å². The first-order valence-corrected chi connectivity index (χ1v) is 10.2. The molecule has 0 radical (unpaired) electrons. The number of hydrogen-bond acceptors (Lipinski definition) is 6. The normalized spacial score (nSPS) is 10.3. The van der Waals surface area contributed by atoms with Crippen LogP contribution in [-0.4, -0.2) is 33.0 Å². The van der Waals surface area contributed by atoms with Crippen molar-refractivity contribution in [2.75, 3.05) is 11.9 Å². The second-order valence-corrected chi connectivity index (χ2v) is 6.99. The van der Waals surface area contributed by atoms with Crippen molar-refractivity contribution in [1.82, 2.24) is 14.5 Å². The fourth-order valence-corrected chi connectivity index (χ4v) is 3.23. The predicted molar refractivity (Wildman–Crippen MR) is 122 cm³/mol. The maximum atomic E-state index is 12.7. The Balaban J connectivity index is 1.49. The zero-order valence-corrected chi connectivity index (χ0v) is 17.7. The number of nitrogens with zero attached hydrogens (tertiary/aromatic N) is 4. The third-order valence-electron chi connectivity index (χ3n) is 4.88. The van der Waals surface area contributed by atoms with Gasteiger partial charge in [0.05, 0.1) is 30.8 Å². The van der Waals surface area contributed by atoms with Gasteiger partial charge >= 0.3 is 5.97 Å². The molecule has 2 aromatic heterocycles. The number of ether oxygens (including phenoxy) is 1. The zero-order valence-electron chi connectivity index (χ0n) is 17.7. The summed E-state index contributed by atoms with van der Waals surface area (Å²) in [6.45, 7) is 2.00. The van der Waals surface area contributed by atoms with E-state index in [1.54, 1.807) is 60.2 Å². The Bertz CT molecular complexity index is 1340. The van der Waals surface area contributed by atoms with Crippen LogP contribution in [0.5, 0.6) is 0 Å². The fourth-order valence-electron chi connectivity index (χ4n) is 3.23. The summed E-state index contributed by atoms with van der Waals surface area (Å²) in [6.07, 6.45) is 4.56. The van der Waals surface area contributed by atoms with Crippen LogP contribution in [0.3, 0.4) is 0 Å². The number of nitriles is 1. The number of carbonyl (C=O) groups is 2. The monoisotopic (exact) mass is 437 g/mol. The van der Waals surface area contributed by atoms with Crippen LogP contribution < -0.4 is 5.32 Å². The molecular weight excluding hydrogens is 418 g/mol. The molecule has 33 heavy (non-hydrogen) atoms. The van der Waals surface area contributed by atoms with E-state index in [0.717, 1.165) is 11.1 Å². The van der Waals surface area contributed by atoms with E-state index < -0.39 is 5.97 Å². The van der Waals surface area contributed by atoms with Gasteiger partial charge in [0.15, 0.2) is 5.69 Å². The molecule has 0 spiro atoms. The number of imidazole rings is 1. The number of amides is 1. The smallest absolute Gasteiger partial charge is 0.356 e. The van der Waals surface area contributed by atoms with Crippen molar-refractivity contribution >= 4 is 17.7 Å². The number of anilines is 1. The number of benzene rings is 2. The molecule has 0 saturated heterocycles. The van der Waals surface area contributed by atoms with Gasteiger partial charge in [0, 0.05) is 17.4 Å². The lowest BCUT2D eigenvalue weighted by Gasteiger charge is -2.09. The molecule has 4 aromatic rings. The summed E-state index contributed by atoms with van der Waals surface area (Å²) in [5, 5.41) is 11.7. The fraction of sp³-hybridized carbons (Fsp3) is 0.0800. The summed E-state index contributed by atoms with van der Waals surface area (Å²) >= 11 is 0. The Morgan fingerprint density at radius 2 is 1.82 bits per heavy atom. The second kappa shape index (κ2) is 9.58. The van der Waals surface area contributed by atoms with Crippen LogP contribution in [0.1, 0.15) is 33.3 Å². The molecule has 4 rings (SSSR count). The lowest BCUT2D eigenvalue weighted by Crippen LogP contribution is -2.13. The van der Waals surface area contributed by atoms with Crippen LogP contribution in [-0.2, 0) is 4.74 Å². The molecule has 0 fully saturated rings. The van der Waals surface area contributed by atoms with Crippen LogP contribution >= 0.6 is 0 Å². The lowest BCUT2D eigenvalue weighted by molar-refractivity contribution is 0.0517. The predicted octanol–water partition coefficient (Wildman–Crippen LogP) is 4.23. The minimum atomic E-state index is -0.468. The minimum Gasteiger partial charge on any atom is -0.461 e. The Morgan fingerprint density at radius 3 is 2.52 bits per heavy atom. The first-order valence-electron chi connectivity index (χ1n) is 10.2. The highest BCUT2D eigenvalue weighted by atomic mass is 16.5. The summed E-state index contributed by atoms with van der Waals surface area (Å²) in [4.78, 5) is 33.0. The average molecular weight is 437 g/mol. The maximum Gasteiger partial charge on any atom is 0.356 e. The van der Waals surface area contributed by atoms with E-state index in [9.17, 15) is 9.59 Å². The molecular formula is C25H19N5O3. The molecule has 0 unspecified atom stereocenters. The van der Waals surface area contributed by atoms with Gasteiger partial charge in [-0.05, 0) is 66.6 Å². The van der Waals surface area contributed by atoms with Gasteiger partial charge in [0.25, 0.3) is 5.91 Å². The summed E-state index contributed by atoms with van der Waals surface area (Å²) in [5.74, 6) is -0.377. The molecule has 1 amide bonds. The van der Waals surface area contributed by atoms with Crippen LogP contribution in [0.2, 0.25) is 0 Å².